The zero-order valence-corrected chi connectivity index (χ0v) is 7.63. The molecule has 5 heteroatoms. The van der Waals surface area contributed by atoms with Crippen molar-refractivity contribution in [3.05, 3.63) is 27.5 Å². The summed E-state index contributed by atoms with van der Waals surface area (Å²) in [6, 6.07) is 1.14. The smallest absolute Gasteiger partial charge is 0.239 e. The molecular formula is C7H5Cl2F2N. The van der Waals surface area contributed by atoms with Crippen molar-refractivity contribution in [2.75, 3.05) is 0 Å². The zero-order chi connectivity index (χ0) is 9.30. The van der Waals surface area contributed by atoms with Crippen molar-refractivity contribution < 1.29 is 8.78 Å². The summed E-state index contributed by atoms with van der Waals surface area (Å²) in [7, 11) is 0. The third kappa shape index (κ3) is 1.84. The topological polar surface area (TPSA) is 12.9 Å². The van der Waals surface area contributed by atoms with Crippen molar-refractivity contribution in [2.45, 2.75) is 13.3 Å². The van der Waals surface area contributed by atoms with Crippen LogP contribution in [0.2, 0.25) is 10.2 Å². The molecule has 0 N–H and O–H groups in total. The van der Waals surface area contributed by atoms with E-state index in [0.29, 0.717) is 0 Å². The Kier molecular flexibility index (Phi) is 2.85. The predicted molar refractivity (Wildman–Crippen MR) is 44.0 cm³/mol. The summed E-state index contributed by atoms with van der Waals surface area (Å²) in [5.74, 6) is 0. The molecule has 1 heterocycles. The van der Waals surface area contributed by atoms with Gasteiger partial charge in [-0.3, -0.25) is 0 Å². The quantitative estimate of drug-likeness (QED) is 0.647. The second kappa shape index (κ2) is 3.54. The molecule has 1 aromatic rings. The SMILES string of the molecule is Cc1nc(Cl)c(Cl)cc1C(F)F. The fraction of sp³-hybridized carbons (Fsp3) is 0.286. The zero-order valence-electron chi connectivity index (χ0n) is 6.11. The Balaban J connectivity index is 3.23. The summed E-state index contributed by atoms with van der Waals surface area (Å²) < 4.78 is 24.4. The van der Waals surface area contributed by atoms with Crippen LogP contribution in [0.4, 0.5) is 8.78 Å². The summed E-state index contributed by atoms with van der Waals surface area (Å²) >= 11 is 11.0. The van der Waals surface area contributed by atoms with Crippen LogP contribution < -0.4 is 0 Å². The number of pyridine rings is 1. The fourth-order valence-corrected chi connectivity index (χ4v) is 1.13. The van der Waals surface area contributed by atoms with Gasteiger partial charge >= 0.3 is 0 Å². The van der Waals surface area contributed by atoms with Gasteiger partial charge in [0.2, 0.25) is 0 Å². The summed E-state index contributed by atoms with van der Waals surface area (Å²) in [4.78, 5) is 3.65. The van der Waals surface area contributed by atoms with Crippen molar-refractivity contribution >= 4 is 23.2 Å². The molecule has 1 rings (SSSR count). The van der Waals surface area contributed by atoms with E-state index in [1.165, 1.54) is 6.92 Å². The first-order valence-electron chi connectivity index (χ1n) is 3.13. The van der Waals surface area contributed by atoms with Gasteiger partial charge in [-0.15, -0.1) is 0 Å². The lowest BCUT2D eigenvalue weighted by molar-refractivity contribution is 0.150. The number of rotatable bonds is 1. The average Bonchev–Trinajstić information content (AvgIpc) is 1.96. The third-order valence-corrected chi connectivity index (χ3v) is 2.07. The van der Waals surface area contributed by atoms with E-state index in [9.17, 15) is 8.78 Å². The van der Waals surface area contributed by atoms with Crippen LogP contribution in [0.3, 0.4) is 0 Å². The lowest BCUT2D eigenvalue weighted by Crippen LogP contribution is -1.93. The van der Waals surface area contributed by atoms with Gasteiger partial charge < -0.3 is 0 Å². The number of alkyl halides is 2. The van der Waals surface area contributed by atoms with Gasteiger partial charge in [0.1, 0.15) is 5.15 Å². The number of aromatic nitrogens is 1. The highest BCUT2D eigenvalue weighted by atomic mass is 35.5. The molecule has 66 valence electrons. The van der Waals surface area contributed by atoms with E-state index in [1.54, 1.807) is 0 Å². The monoisotopic (exact) mass is 211 g/mol. The molecule has 0 spiro atoms. The van der Waals surface area contributed by atoms with Gasteiger partial charge in [-0.25, -0.2) is 13.8 Å². The van der Waals surface area contributed by atoms with Crippen LogP contribution in [-0.4, -0.2) is 4.98 Å². The highest BCUT2D eigenvalue weighted by Gasteiger charge is 2.13. The summed E-state index contributed by atoms with van der Waals surface area (Å²) in [6.07, 6.45) is -2.56. The standard InChI is InChI=1S/C7H5Cl2F2N/c1-3-4(7(10)11)2-5(8)6(9)12-3/h2,7H,1H3. The molecule has 0 saturated carbocycles. The molecule has 0 fully saturated rings. The van der Waals surface area contributed by atoms with Crippen molar-refractivity contribution in [1.82, 2.24) is 4.98 Å². The molecule has 0 aliphatic carbocycles. The molecular weight excluding hydrogens is 207 g/mol. The molecule has 0 radical (unpaired) electrons. The minimum Gasteiger partial charge on any atom is -0.239 e. The molecule has 0 aromatic carbocycles. The van der Waals surface area contributed by atoms with Crippen LogP contribution in [0.1, 0.15) is 17.7 Å². The Labute approximate surface area is 78.3 Å². The fourth-order valence-electron chi connectivity index (χ4n) is 0.787. The maximum Gasteiger partial charge on any atom is 0.265 e. The highest BCUT2D eigenvalue weighted by Crippen LogP contribution is 2.28. The van der Waals surface area contributed by atoms with Gasteiger partial charge in [0.05, 0.1) is 5.02 Å². The van der Waals surface area contributed by atoms with Gasteiger partial charge in [0.15, 0.2) is 0 Å². The van der Waals surface area contributed by atoms with Crippen molar-refractivity contribution in [1.29, 1.82) is 0 Å². The van der Waals surface area contributed by atoms with Crippen LogP contribution in [0.5, 0.6) is 0 Å². The summed E-state index contributed by atoms with van der Waals surface area (Å²) in [5, 5.41) is 0.108. The van der Waals surface area contributed by atoms with E-state index in [4.69, 9.17) is 23.2 Å². The van der Waals surface area contributed by atoms with Gasteiger partial charge in [-0.1, -0.05) is 23.2 Å². The van der Waals surface area contributed by atoms with Crippen LogP contribution in [0.15, 0.2) is 6.07 Å². The Hall–Kier alpha value is -0.410. The number of halogens is 4. The van der Waals surface area contributed by atoms with E-state index in [0.717, 1.165) is 6.07 Å². The normalized spacial score (nSPS) is 10.8. The third-order valence-electron chi connectivity index (χ3n) is 1.40. The van der Waals surface area contributed by atoms with Crippen LogP contribution >= 0.6 is 23.2 Å². The molecule has 0 bridgehead atoms. The largest absolute Gasteiger partial charge is 0.265 e. The lowest BCUT2D eigenvalue weighted by Gasteiger charge is -2.04. The van der Waals surface area contributed by atoms with Gasteiger partial charge in [0.25, 0.3) is 6.43 Å². The molecule has 0 aliphatic rings. The molecule has 0 aliphatic heterocycles. The maximum absolute atomic E-state index is 12.2. The molecule has 1 nitrogen and oxygen atoms in total. The number of hydrogen-bond acceptors (Lipinski definition) is 1. The van der Waals surface area contributed by atoms with Gasteiger partial charge in [-0.05, 0) is 13.0 Å². The molecule has 0 unspecified atom stereocenters. The van der Waals surface area contributed by atoms with Gasteiger partial charge in [-0.2, -0.15) is 0 Å². The molecule has 0 atom stereocenters. The second-order valence-electron chi connectivity index (χ2n) is 2.24. The Morgan fingerprint density at radius 2 is 2.00 bits per heavy atom. The van der Waals surface area contributed by atoms with E-state index < -0.39 is 6.43 Å². The average molecular weight is 212 g/mol. The second-order valence-corrected chi connectivity index (χ2v) is 3.00. The number of aryl methyl sites for hydroxylation is 1. The van der Waals surface area contributed by atoms with Crippen LogP contribution in [0.25, 0.3) is 0 Å². The minimum atomic E-state index is -2.56. The highest BCUT2D eigenvalue weighted by molar-refractivity contribution is 6.41. The van der Waals surface area contributed by atoms with E-state index in [1.807, 2.05) is 0 Å². The van der Waals surface area contributed by atoms with Crippen LogP contribution in [-0.2, 0) is 0 Å². The first-order valence-corrected chi connectivity index (χ1v) is 3.88. The van der Waals surface area contributed by atoms with E-state index in [-0.39, 0.29) is 21.4 Å². The Bertz CT molecular complexity index is 302. The van der Waals surface area contributed by atoms with Crippen LogP contribution in [0, 0.1) is 6.92 Å². The Morgan fingerprint density at radius 1 is 1.42 bits per heavy atom. The summed E-state index contributed by atoms with van der Waals surface area (Å²) in [6.45, 7) is 1.46. The minimum absolute atomic E-state index is 0.0533. The number of hydrogen-bond donors (Lipinski definition) is 0. The predicted octanol–water partition coefficient (Wildman–Crippen LogP) is 3.63. The molecule has 12 heavy (non-hydrogen) atoms. The maximum atomic E-state index is 12.2. The van der Waals surface area contributed by atoms with Crippen molar-refractivity contribution in [3.8, 4) is 0 Å². The lowest BCUT2D eigenvalue weighted by atomic mass is 10.2. The molecule has 0 saturated heterocycles. The first kappa shape index (κ1) is 9.68. The van der Waals surface area contributed by atoms with E-state index >= 15 is 0 Å². The Morgan fingerprint density at radius 3 is 2.50 bits per heavy atom. The van der Waals surface area contributed by atoms with Crippen molar-refractivity contribution in [2.24, 2.45) is 0 Å². The van der Waals surface area contributed by atoms with Crippen molar-refractivity contribution in [3.63, 3.8) is 0 Å². The first-order chi connectivity index (χ1) is 5.52. The van der Waals surface area contributed by atoms with E-state index in [2.05, 4.69) is 4.98 Å². The summed E-state index contributed by atoms with van der Waals surface area (Å²) in [5.41, 5.74) is 0.0313. The molecule has 0 amide bonds. The molecule has 1 aromatic heterocycles. The number of nitrogens with zero attached hydrogens (tertiary/aromatic N) is 1. The van der Waals surface area contributed by atoms with Gasteiger partial charge in [0, 0.05) is 11.3 Å².